The van der Waals surface area contributed by atoms with Crippen molar-refractivity contribution in [1.29, 1.82) is 0 Å². The highest BCUT2D eigenvalue weighted by atomic mass is 32.2. The summed E-state index contributed by atoms with van der Waals surface area (Å²) < 4.78 is 39.7. The van der Waals surface area contributed by atoms with Crippen LogP contribution in [0.15, 0.2) is 46.7 Å². The largest absolute Gasteiger partial charge is 0.245 e. The topological polar surface area (TPSA) is 37.4 Å². The third kappa shape index (κ3) is 3.08. The second-order valence-electron chi connectivity index (χ2n) is 4.58. The Morgan fingerprint density at radius 3 is 2.55 bits per heavy atom. The first-order valence-corrected chi connectivity index (χ1v) is 8.50. The van der Waals surface area contributed by atoms with E-state index in [0.29, 0.717) is 6.42 Å². The smallest absolute Gasteiger partial charge is 0.207 e. The Morgan fingerprint density at radius 2 is 1.95 bits per heavy atom. The lowest BCUT2D eigenvalue weighted by Crippen LogP contribution is -2.36. The third-order valence-corrected chi connectivity index (χ3v) is 6.09. The predicted octanol–water partition coefficient (Wildman–Crippen LogP) is 3.14. The van der Waals surface area contributed by atoms with E-state index in [1.54, 1.807) is 11.3 Å². The molecule has 20 heavy (non-hydrogen) atoms. The molecule has 6 heteroatoms. The second-order valence-corrected chi connectivity index (χ2v) is 7.58. The van der Waals surface area contributed by atoms with Gasteiger partial charge in [-0.25, -0.2) is 12.8 Å². The molecule has 3 nitrogen and oxygen atoms in total. The van der Waals surface area contributed by atoms with E-state index < -0.39 is 15.8 Å². The van der Waals surface area contributed by atoms with Crippen molar-refractivity contribution in [2.75, 3.05) is 7.05 Å². The molecule has 0 aliphatic rings. The predicted molar refractivity (Wildman–Crippen MR) is 78.8 cm³/mol. The van der Waals surface area contributed by atoms with Crippen LogP contribution in [0.4, 0.5) is 4.39 Å². The molecule has 0 saturated heterocycles. The molecular weight excluding hydrogens is 297 g/mol. The molecule has 2 aromatic rings. The number of sulfonamides is 1. The third-order valence-electron chi connectivity index (χ3n) is 3.19. The van der Waals surface area contributed by atoms with E-state index in [4.69, 9.17) is 0 Å². The number of halogens is 1. The molecule has 0 radical (unpaired) electrons. The van der Waals surface area contributed by atoms with Gasteiger partial charge >= 0.3 is 0 Å². The first-order chi connectivity index (χ1) is 9.43. The highest BCUT2D eigenvalue weighted by Crippen LogP contribution is 2.22. The lowest BCUT2D eigenvalue weighted by atomic mass is 10.2. The van der Waals surface area contributed by atoms with E-state index in [9.17, 15) is 12.8 Å². The molecule has 0 aliphatic carbocycles. The zero-order valence-corrected chi connectivity index (χ0v) is 12.9. The molecular formula is C14H16FNO2S2. The molecule has 1 aromatic heterocycles. The highest BCUT2D eigenvalue weighted by molar-refractivity contribution is 7.89. The summed E-state index contributed by atoms with van der Waals surface area (Å²) in [5, 5.41) is 1.95. The molecule has 108 valence electrons. The molecule has 1 heterocycles. The van der Waals surface area contributed by atoms with Crippen molar-refractivity contribution in [2.24, 2.45) is 0 Å². The summed E-state index contributed by atoms with van der Waals surface area (Å²) in [6.07, 6.45) is 0.613. The van der Waals surface area contributed by atoms with Gasteiger partial charge < -0.3 is 0 Å². The van der Waals surface area contributed by atoms with Crippen molar-refractivity contribution >= 4 is 21.4 Å². The van der Waals surface area contributed by atoms with Crippen LogP contribution in [0.25, 0.3) is 0 Å². The Morgan fingerprint density at radius 1 is 1.25 bits per heavy atom. The first-order valence-electron chi connectivity index (χ1n) is 6.18. The van der Waals surface area contributed by atoms with Gasteiger partial charge in [-0.05, 0) is 36.9 Å². The molecule has 0 aliphatic heterocycles. The fourth-order valence-corrected chi connectivity index (χ4v) is 4.14. The van der Waals surface area contributed by atoms with Crippen LogP contribution in [0.1, 0.15) is 11.8 Å². The standard InChI is InChI=1S/C14H16FNO2S2/c1-11(10-12-6-5-9-19-12)16(2)20(17,18)14-8-4-3-7-13(14)15/h3-9,11H,10H2,1-2H3. The van der Waals surface area contributed by atoms with Crippen molar-refractivity contribution < 1.29 is 12.8 Å². The summed E-state index contributed by atoms with van der Waals surface area (Å²) >= 11 is 1.58. The first kappa shape index (κ1) is 15.2. The summed E-state index contributed by atoms with van der Waals surface area (Å²) in [4.78, 5) is 0.827. The van der Waals surface area contributed by atoms with Crippen molar-refractivity contribution in [1.82, 2.24) is 4.31 Å². The van der Waals surface area contributed by atoms with E-state index in [2.05, 4.69) is 0 Å². The van der Waals surface area contributed by atoms with Crippen LogP contribution in [0.2, 0.25) is 0 Å². The van der Waals surface area contributed by atoms with Crippen LogP contribution >= 0.6 is 11.3 Å². The zero-order valence-electron chi connectivity index (χ0n) is 11.3. The lowest BCUT2D eigenvalue weighted by Gasteiger charge is -2.24. The average Bonchev–Trinajstić information content (AvgIpc) is 2.90. The van der Waals surface area contributed by atoms with Gasteiger partial charge in [-0.3, -0.25) is 0 Å². The van der Waals surface area contributed by atoms with Gasteiger partial charge in [-0.1, -0.05) is 18.2 Å². The maximum Gasteiger partial charge on any atom is 0.245 e. The number of thiophene rings is 1. The van der Waals surface area contributed by atoms with Crippen LogP contribution in [0.3, 0.4) is 0 Å². The molecule has 1 atom stereocenters. The minimum atomic E-state index is -3.81. The molecule has 0 spiro atoms. The van der Waals surface area contributed by atoms with Crippen LogP contribution in [0, 0.1) is 5.82 Å². The molecule has 1 aromatic carbocycles. The maximum atomic E-state index is 13.7. The lowest BCUT2D eigenvalue weighted by molar-refractivity contribution is 0.385. The molecule has 2 rings (SSSR count). The van der Waals surface area contributed by atoms with Crippen molar-refractivity contribution in [3.63, 3.8) is 0 Å². The van der Waals surface area contributed by atoms with Gasteiger partial charge in [0.05, 0.1) is 0 Å². The average molecular weight is 313 g/mol. The maximum absolute atomic E-state index is 13.7. The van der Waals surface area contributed by atoms with Crippen molar-refractivity contribution in [2.45, 2.75) is 24.3 Å². The Hall–Kier alpha value is -1.24. The van der Waals surface area contributed by atoms with Crippen molar-refractivity contribution in [3.8, 4) is 0 Å². The minimum Gasteiger partial charge on any atom is -0.207 e. The van der Waals surface area contributed by atoms with E-state index >= 15 is 0 Å². The minimum absolute atomic E-state index is 0.238. The Bertz CT molecular complexity index is 668. The van der Waals surface area contributed by atoms with Crippen molar-refractivity contribution in [3.05, 3.63) is 52.5 Å². The van der Waals surface area contributed by atoms with Gasteiger partial charge in [0.1, 0.15) is 10.7 Å². The monoisotopic (exact) mass is 313 g/mol. The number of nitrogens with zero attached hydrogens (tertiary/aromatic N) is 1. The van der Waals surface area contributed by atoms with E-state index in [-0.39, 0.29) is 10.9 Å². The molecule has 0 N–H and O–H groups in total. The van der Waals surface area contributed by atoms with Crippen LogP contribution in [0.5, 0.6) is 0 Å². The van der Waals surface area contributed by atoms with Crippen LogP contribution < -0.4 is 0 Å². The van der Waals surface area contributed by atoms with Gasteiger partial charge in [0, 0.05) is 18.0 Å². The van der Waals surface area contributed by atoms with E-state index in [0.717, 1.165) is 10.9 Å². The fraction of sp³-hybridized carbons (Fsp3) is 0.286. The highest BCUT2D eigenvalue weighted by Gasteiger charge is 2.27. The SMILES string of the molecule is CC(Cc1cccs1)N(C)S(=O)(=O)c1ccccc1F. The Labute approximate surface area is 122 Å². The van der Waals surface area contributed by atoms with Crippen LogP contribution in [-0.2, 0) is 16.4 Å². The van der Waals surface area contributed by atoms with E-state index in [1.165, 1.54) is 29.6 Å². The summed E-state index contributed by atoms with van der Waals surface area (Å²) in [5.74, 6) is -0.720. The summed E-state index contributed by atoms with van der Waals surface area (Å²) in [7, 11) is -2.32. The number of likely N-dealkylation sites (N-methyl/N-ethyl adjacent to an activating group) is 1. The number of hydrogen-bond donors (Lipinski definition) is 0. The molecule has 0 fully saturated rings. The number of rotatable bonds is 5. The van der Waals surface area contributed by atoms with Gasteiger partial charge in [-0.15, -0.1) is 11.3 Å². The molecule has 0 bridgehead atoms. The number of benzene rings is 1. The van der Waals surface area contributed by atoms with Gasteiger partial charge in [-0.2, -0.15) is 4.31 Å². The molecule has 0 saturated carbocycles. The van der Waals surface area contributed by atoms with Gasteiger partial charge in [0.2, 0.25) is 10.0 Å². The zero-order chi connectivity index (χ0) is 14.8. The van der Waals surface area contributed by atoms with Gasteiger partial charge in [0.25, 0.3) is 0 Å². The Kier molecular flexibility index (Phi) is 4.57. The normalized spacial score (nSPS) is 13.6. The molecule has 0 amide bonds. The summed E-state index contributed by atoms with van der Waals surface area (Å²) in [5.41, 5.74) is 0. The molecule has 1 unspecified atom stereocenters. The fourth-order valence-electron chi connectivity index (χ4n) is 1.89. The van der Waals surface area contributed by atoms with Gasteiger partial charge in [0.15, 0.2) is 0 Å². The summed E-state index contributed by atoms with van der Waals surface area (Å²) in [6, 6.07) is 9.10. The second kappa shape index (κ2) is 6.03. The quantitative estimate of drug-likeness (QED) is 0.850. The van der Waals surface area contributed by atoms with E-state index in [1.807, 2.05) is 24.4 Å². The van der Waals surface area contributed by atoms with Crippen LogP contribution in [-0.4, -0.2) is 25.8 Å². The summed E-state index contributed by atoms with van der Waals surface area (Å²) in [6.45, 7) is 1.82. The Balaban J connectivity index is 2.23. The number of hydrogen-bond acceptors (Lipinski definition) is 3.